The first-order valence-corrected chi connectivity index (χ1v) is 7.99. The van der Waals surface area contributed by atoms with Crippen molar-refractivity contribution >= 4 is 23.7 Å². The lowest BCUT2D eigenvalue weighted by Gasteiger charge is -2.36. The van der Waals surface area contributed by atoms with Crippen molar-refractivity contribution in [3.63, 3.8) is 0 Å². The van der Waals surface area contributed by atoms with E-state index in [0.29, 0.717) is 0 Å². The van der Waals surface area contributed by atoms with Gasteiger partial charge in [-0.05, 0) is 33.6 Å². The van der Waals surface area contributed by atoms with E-state index in [2.05, 4.69) is 0 Å². The highest BCUT2D eigenvalue weighted by molar-refractivity contribution is 6.18. The van der Waals surface area contributed by atoms with Gasteiger partial charge in [-0.3, -0.25) is 4.90 Å². The molecule has 0 N–H and O–H groups in total. The van der Waals surface area contributed by atoms with E-state index >= 15 is 0 Å². The Morgan fingerprint density at radius 1 is 1.26 bits per heavy atom. The second-order valence-corrected chi connectivity index (χ2v) is 7.74. The fourth-order valence-electron chi connectivity index (χ4n) is 3.32. The summed E-state index contributed by atoms with van der Waals surface area (Å²) in [6.45, 7) is 4.78. The van der Waals surface area contributed by atoms with Crippen LogP contribution in [0.4, 0.5) is 13.6 Å². The molecule has 2 aliphatic rings. The summed E-state index contributed by atoms with van der Waals surface area (Å²) in [5, 5.41) is 0. The number of halogens is 3. The number of esters is 1. The van der Waals surface area contributed by atoms with Gasteiger partial charge >= 0.3 is 12.1 Å². The van der Waals surface area contributed by atoms with Crippen molar-refractivity contribution < 1.29 is 27.8 Å². The summed E-state index contributed by atoms with van der Waals surface area (Å²) >= 11 is 5.79. The Morgan fingerprint density at radius 3 is 2.22 bits per heavy atom. The molecule has 2 rings (SSSR count). The molecule has 1 aliphatic heterocycles. The number of ether oxygens (including phenoxy) is 2. The van der Waals surface area contributed by atoms with Crippen LogP contribution >= 0.6 is 11.6 Å². The number of carbonyl (C=O) groups is 2. The molecular weight excluding hydrogens is 332 g/mol. The van der Waals surface area contributed by atoms with Crippen molar-refractivity contribution in [1.29, 1.82) is 0 Å². The standard InChI is InChI=1S/C15H22ClF2NO4/c1-12(2,3)23-11(21)19-9-13(8-15(13,17)18)7-14(19,5-6-16)10(20)22-4/h5-9H2,1-4H3/t13-,14+/m1/s1. The molecular formula is C15H22ClF2NO4. The maximum atomic E-state index is 13.9. The molecule has 5 nitrogen and oxygen atoms in total. The van der Waals surface area contributed by atoms with Crippen molar-refractivity contribution in [3.8, 4) is 0 Å². The summed E-state index contributed by atoms with van der Waals surface area (Å²) in [7, 11) is 1.17. The van der Waals surface area contributed by atoms with Crippen LogP contribution in [0.15, 0.2) is 0 Å². The lowest BCUT2D eigenvalue weighted by atomic mass is 9.87. The van der Waals surface area contributed by atoms with Crippen molar-refractivity contribution in [2.75, 3.05) is 19.5 Å². The van der Waals surface area contributed by atoms with Crippen LogP contribution in [-0.2, 0) is 14.3 Å². The van der Waals surface area contributed by atoms with Crippen LogP contribution in [0.25, 0.3) is 0 Å². The number of amides is 1. The predicted molar refractivity (Wildman–Crippen MR) is 79.6 cm³/mol. The molecule has 0 bridgehead atoms. The van der Waals surface area contributed by atoms with Crippen molar-refractivity contribution in [1.82, 2.24) is 4.90 Å². The van der Waals surface area contributed by atoms with Crippen LogP contribution in [-0.4, -0.2) is 53.6 Å². The van der Waals surface area contributed by atoms with Crippen molar-refractivity contribution in [2.45, 2.75) is 57.1 Å². The number of nitrogens with zero attached hydrogens (tertiary/aromatic N) is 1. The van der Waals surface area contributed by atoms with Crippen LogP contribution in [0.5, 0.6) is 0 Å². The highest BCUT2D eigenvalue weighted by Gasteiger charge is 2.79. The minimum absolute atomic E-state index is 0.0377. The van der Waals surface area contributed by atoms with Crippen LogP contribution in [0.2, 0.25) is 0 Å². The normalized spacial score (nSPS) is 32.0. The zero-order valence-electron chi connectivity index (χ0n) is 13.7. The predicted octanol–water partition coefficient (Wildman–Crippen LogP) is 3.19. The quantitative estimate of drug-likeness (QED) is 0.577. The minimum Gasteiger partial charge on any atom is -0.467 e. The first kappa shape index (κ1) is 18.2. The Kier molecular flexibility index (Phi) is 4.33. The molecule has 1 aliphatic carbocycles. The fourth-order valence-corrected chi connectivity index (χ4v) is 3.63. The topological polar surface area (TPSA) is 55.8 Å². The molecule has 2 atom stereocenters. The smallest absolute Gasteiger partial charge is 0.411 e. The second-order valence-electron chi connectivity index (χ2n) is 7.37. The first-order valence-electron chi connectivity index (χ1n) is 7.46. The fraction of sp³-hybridized carbons (Fsp3) is 0.867. The maximum Gasteiger partial charge on any atom is 0.411 e. The SMILES string of the molecule is COC(=O)[C@]1(CCCl)C[C@]2(CN1C(=O)OC(C)(C)C)CC2(F)F. The molecule has 0 aromatic heterocycles. The number of hydrogen-bond acceptors (Lipinski definition) is 4. The average Bonchev–Trinajstić information content (AvgIpc) is 2.76. The van der Waals surface area contributed by atoms with Gasteiger partial charge in [0.25, 0.3) is 5.92 Å². The molecule has 1 heterocycles. The van der Waals surface area contributed by atoms with Gasteiger partial charge in [0.2, 0.25) is 0 Å². The number of methoxy groups -OCH3 is 1. The van der Waals surface area contributed by atoms with E-state index in [-0.39, 0.29) is 31.7 Å². The van der Waals surface area contributed by atoms with Gasteiger partial charge in [0.15, 0.2) is 0 Å². The van der Waals surface area contributed by atoms with Gasteiger partial charge in [-0.25, -0.2) is 18.4 Å². The number of carbonyl (C=O) groups excluding carboxylic acids is 2. The first-order chi connectivity index (χ1) is 10.4. The van der Waals surface area contributed by atoms with Gasteiger partial charge in [0.1, 0.15) is 11.1 Å². The highest BCUT2D eigenvalue weighted by Crippen LogP contribution is 2.68. The molecule has 2 fully saturated rings. The third-order valence-electron chi connectivity index (χ3n) is 4.51. The van der Waals surface area contributed by atoms with E-state index < -0.39 is 34.5 Å². The summed E-state index contributed by atoms with van der Waals surface area (Å²) in [5.74, 6) is -3.59. The molecule has 1 saturated carbocycles. The lowest BCUT2D eigenvalue weighted by Crippen LogP contribution is -2.55. The van der Waals surface area contributed by atoms with Gasteiger partial charge in [0.05, 0.1) is 12.5 Å². The zero-order chi connectivity index (χ0) is 17.7. The summed E-state index contributed by atoms with van der Waals surface area (Å²) in [6, 6.07) is 0. The summed E-state index contributed by atoms with van der Waals surface area (Å²) in [4.78, 5) is 26.0. The summed E-state index contributed by atoms with van der Waals surface area (Å²) in [5.41, 5.74) is -3.69. The van der Waals surface area contributed by atoms with Crippen LogP contribution in [0.3, 0.4) is 0 Å². The van der Waals surface area contributed by atoms with E-state index in [0.717, 1.165) is 4.90 Å². The monoisotopic (exact) mass is 353 g/mol. The third kappa shape index (κ3) is 2.99. The molecule has 0 aromatic carbocycles. The summed E-state index contributed by atoms with van der Waals surface area (Å²) in [6.07, 6.45) is -1.27. The van der Waals surface area contributed by atoms with E-state index in [4.69, 9.17) is 21.1 Å². The Balaban J connectivity index is 2.38. The van der Waals surface area contributed by atoms with Crippen molar-refractivity contribution in [2.24, 2.45) is 5.41 Å². The Hall–Kier alpha value is -1.11. The molecule has 8 heteroatoms. The molecule has 0 unspecified atom stereocenters. The zero-order valence-corrected chi connectivity index (χ0v) is 14.5. The number of hydrogen-bond donors (Lipinski definition) is 0. The summed E-state index contributed by atoms with van der Waals surface area (Å²) < 4.78 is 37.8. The second kappa shape index (κ2) is 5.46. The maximum absolute atomic E-state index is 13.9. The molecule has 1 amide bonds. The highest BCUT2D eigenvalue weighted by atomic mass is 35.5. The van der Waals surface area contributed by atoms with Crippen molar-refractivity contribution in [3.05, 3.63) is 0 Å². The van der Waals surface area contributed by atoms with Gasteiger partial charge in [-0.1, -0.05) is 0 Å². The largest absolute Gasteiger partial charge is 0.467 e. The average molecular weight is 354 g/mol. The molecule has 23 heavy (non-hydrogen) atoms. The number of rotatable bonds is 3. The van der Waals surface area contributed by atoms with Crippen LogP contribution < -0.4 is 0 Å². The van der Waals surface area contributed by atoms with E-state index in [9.17, 15) is 18.4 Å². The van der Waals surface area contributed by atoms with Gasteiger partial charge in [-0.15, -0.1) is 11.6 Å². The Morgan fingerprint density at radius 2 is 1.83 bits per heavy atom. The molecule has 0 radical (unpaired) electrons. The molecule has 0 aromatic rings. The van der Waals surface area contributed by atoms with Gasteiger partial charge in [0, 0.05) is 18.8 Å². The lowest BCUT2D eigenvalue weighted by molar-refractivity contribution is -0.153. The Labute approximate surface area is 139 Å². The number of alkyl halides is 3. The molecule has 1 spiro atoms. The van der Waals surface area contributed by atoms with E-state index in [1.807, 2.05) is 0 Å². The minimum atomic E-state index is -2.89. The van der Waals surface area contributed by atoms with Gasteiger partial charge < -0.3 is 9.47 Å². The molecule has 132 valence electrons. The van der Waals surface area contributed by atoms with E-state index in [1.54, 1.807) is 20.8 Å². The number of likely N-dealkylation sites (tertiary alicyclic amines) is 1. The Bertz CT molecular complexity index is 522. The van der Waals surface area contributed by atoms with Crippen LogP contribution in [0.1, 0.15) is 40.0 Å². The van der Waals surface area contributed by atoms with Gasteiger partial charge in [-0.2, -0.15) is 0 Å². The van der Waals surface area contributed by atoms with E-state index in [1.165, 1.54) is 7.11 Å². The molecule has 1 saturated heterocycles. The third-order valence-corrected chi connectivity index (χ3v) is 4.70. The van der Waals surface area contributed by atoms with Crippen LogP contribution in [0, 0.1) is 5.41 Å².